The Balaban J connectivity index is 2.14. The topological polar surface area (TPSA) is 56.7 Å². The summed E-state index contributed by atoms with van der Waals surface area (Å²) in [6.45, 7) is 2.02. The fourth-order valence-electron chi connectivity index (χ4n) is 2.17. The van der Waals surface area contributed by atoms with E-state index in [4.69, 9.17) is 5.73 Å². The number of hydrogen-bond donors (Lipinski definition) is 1. The number of pyridine rings is 1. The van der Waals surface area contributed by atoms with E-state index in [0.717, 1.165) is 17.8 Å². The van der Waals surface area contributed by atoms with Crippen LogP contribution in [0.2, 0.25) is 0 Å². The molecule has 1 saturated carbocycles. The first-order chi connectivity index (χ1) is 7.75. The van der Waals surface area contributed by atoms with Crippen LogP contribution in [0.5, 0.6) is 0 Å². The number of imidazole rings is 1. The highest BCUT2D eigenvalue weighted by Crippen LogP contribution is 2.38. The van der Waals surface area contributed by atoms with Gasteiger partial charge in [0.1, 0.15) is 11.3 Å². The molecular formula is C12H16N4. The van der Waals surface area contributed by atoms with Gasteiger partial charge in [-0.3, -0.25) is 4.98 Å². The third-order valence-electron chi connectivity index (χ3n) is 2.98. The van der Waals surface area contributed by atoms with Crippen LogP contribution in [0.15, 0.2) is 18.5 Å². The average Bonchev–Trinajstić information content (AvgIpc) is 3.00. The molecule has 0 spiro atoms. The minimum absolute atomic E-state index is 0.155. The van der Waals surface area contributed by atoms with E-state index in [0.29, 0.717) is 6.04 Å². The molecule has 2 aromatic rings. The Morgan fingerprint density at radius 1 is 1.56 bits per heavy atom. The van der Waals surface area contributed by atoms with E-state index in [1.807, 2.05) is 25.4 Å². The molecule has 0 aliphatic heterocycles. The van der Waals surface area contributed by atoms with Gasteiger partial charge in [0.15, 0.2) is 0 Å². The molecule has 2 N–H and O–H groups in total. The predicted molar refractivity (Wildman–Crippen MR) is 63.2 cm³/mol. The smallest absolute Gasteiger partial charge is 0.111 e. The molecule has 1 unspecified atom stereocenters. The quantitative estimate of drug-likeness (QED) is 0.848. The molecule has 0 bridgehead atoms. The summed E-state index contributed by atoms with van der Waals surface area (Å²) < 4.78 is 2.35. The molecule has 1 aliphatic rings. The van der Waals surface area contributed by atoms with Crippen LogP contribution < -0.4 is 5.73 Å². The minimum Gasteiger partial charge on any atom is -0.328 e. The van der Waals surface area contributed by atoms with Gasteiger partial charge in [0.05, 0.1) is 11.7 Å². The van der Waals surface area contributed by atoms with Gasteiger partial charge in [-0.2, -0.15) is 0 Å². The summed E-state index contributed by atoms with van der Waals surface area (Å²) in [5, 5.41) is 0. The van der Waals surface area contributed by atoms with Gasteiger partial charge < -0.3 is 10.3 Å². The molecule has 16 heavy (non-hydrogen) atoms. The van der Waals surface area contributed by atoms with Crippen molar-refractivity contribution in [3.63, 3.8) is 0 Å². The molecule has 1 aliphatic carbocycles. The molecule has 0 saturated heterocycles. The van der Waals surface area contributed by atoms with Crippen molar-refractivity contribution in [3.05, 3.63) is 24.3 Å². The first-order valence-corrected chi connectivity index (χ1v) is 5.82. The van der Waals surface area contributed by atoms with Crippen molar-refractivity contribution in [1.82, 2.24) is 14.5 Å². The van der Waals surface area contributed by atoms with Gasteiger partial charge in [0.25, 0.3) is 0 Å². The Kier molecular flexibility index (Phi) is 2.17. The Morgan fingerprint density at radius 2 is 2.38 bits per heavy atom. The number of fused-ring (bicyclic) bond motifs is 1. The van der Waals surface area contributed by atoms with Gasteiger partial charge in [0.2, 0.25) is 0 Å². The molecule has 4 nitrogen and oxygen atoms in total. The zero-order chi connectivity index (χ0) is 11.1. The zero-order valence-corrected chi connectivity index (χ0v) is 9.43. The first kappa shape index (κ1) is 9.78. The molecule has 4 heteroatoms. The van der Waals surface area contributed by atoms with Crippen molar-refractivity contribution >= 4 is 11.0 Å². The molecule has 84 valence electrons. The van der Waals surface area contributed by atoms with E-state index in [1.54, 1.807) is 0 Å². The second kappa shape index (κ2) is 3.56. The number of nitrogens with zero attached hydrogens (tertiary/aromatic N) is 3. The molecule has 0 amide bonds. The van der Waals surface area contributed by atoms with E-state index in [-0.39, 0.29) is 6.04 Å². The molecule has 2 heterocycles. The van der Waals surface area contributed by atoms with Crippen LogP contribution in [0.1, 0.15) is 31.6 Å². The molecule has 1 fully saturated rings. The average molecular weight is 216 g/mol. The highest BCUT2D eigenvalue weighted by Gasteiger charge is 2.28. The van der Waals surface area contributed by atoms with Gasteiger partial charge in [0, 0.05) is 24.7 Å². The standard InChI is InChI=1S/C12H16N4/c1-8(13)6-12-15-10-7-14-5-4-11(10)16(12)9-2-3-9/h4-5,7-9H,2-3,6,13H2,1H3. The molecule has 3 rings (SSSR count). The summed E-state index contributed by atoms with van der Waals surface area (Å²) >= 11 is 0. The molecular weight excluding hydrogens is 200 g/mol. The van der Waals surface area contributed by atoms with Gasteiger partial charge >= 0.3 is 0 Å². The highest BCUT2D eigenvalue weighted by molar-refractivity contribution is 5.75. The second-order valence-corrected chi connectivity index (χ2v) is 4.68. The van der Waals surface area contributed by atoms with Crippen molar-refractivity contribution in [1.29, 1.82) is 0 Å². The number of hydrogen-bond acceptors (Lipinski definition) is 3. The lowest BCUT2D eigenvalue weighted by molar-refractivity contribution is 0.639. The summed E-state index contributed by atoms with van der Waals surface area (Å²) in [4.78, 5) is 8.75. The van der Waals surface area contributed by atoms with E-state index in [1.165, 1.54) is 18.4 Å². The molecule has 2 aromatic heterocycles. The maximum atomic E-state index is 5.87. The molecule has 0 aromatic carbocycles. The van der Waals surface area contributed by atoms with Crippen LogP contribution in [0.25, 0.3) is 11.0 Å². The summed E-state index contributed by atoms with van der Waals surface area (Å²) in [7, 11) is 0. The lowest BCUT2D eigenvalue weighted by Gasteiger charge is -2.09. The fourth-order valence-corrected chi connectivity index (χ4v) is 2.17. The van der Waals surface area contributed by atoms with Crippen molar-refractivity contribution in [2.75, 3.05) is 0 Å². The van der Waals surface area contributed by atoms with E-state index >= 15 is 0 Å². The van der Waals surface area contributed by atoms with Crippen LogP contribution in [-0.4, -0.2) is 20.6 Å². The third-order valence-corrected chi connectivity index (χ3v) is 2.98. The van der Waals surface area contributed by atoms with Gasteiger partial charge in [-0.25, -0.2) is 4.98 Å². The number of nitrogens with two attached hydrogens (primary N) is 1. The molecule has 1 atom stereocenters. The predicted octanol–water partition coefficient (Wildman–Crippen LogP) is 1.66. The number of aromatic nitrogens is 3. The Labute approximate surface area is 94.5 Å². The van der Waals surface area contributed by atoms with Crippen molar-refractivity contribution in [2.24, 2.45) is 5.73 Å². The SMILES string of the molecule is CC(N)Cc1nc2cnccc2n1C1CC1. The summed E-state index contributed by atoms with van der Waals surface area (Å²) in [6.07, 6.45) is 7.03. The Hall–Kier alpha value is -1.42. The van der Waals surface area contributed by atoms with Crippen molar-refractivity contribution in [3.8, 4) is 0 Å². The van der Waals surface area contributed by atoms with Gasteiger partial charge in [-0.05, 0) is 25.8 Å². The number of rotatable bonds is 3. The maximum Gasteiger partial charge on any atom is 0.111 e. The Bertz CT molecular complexity index is 511. The van der Waals surface area contributed by atoms with Gasteiger partial charge in [-0.1, -0.05) is 0 Å². The summed E-state index contributed by atoms with van der Waals surface area (Å²) in [5.74, 6) is 1.11. The van der Waals surface area contributed by atoms with Crippen LogP contribution in [-0.2, 0) is 6.42 Å². The lowest BCUT2D eigenvalue weighted by Crippen LogP contribution is -2.20. The monoisotopic (exact) mass is 216 g/mol. The van der Waals surface area contributed by atoms with Gasteiger partial charge in [-0.15, -0.1) is 0 Å². The van der Waals surface area contributed by atoms with E-state index in [9.17, 15) is 0 Å². The normalized spacial score (nSPS) is 17.9. The lowest BCUT2D eigenvalue weighted by atomic mass is 10.2. The van der Waals surface area contributed by atoms with Crippen molar-refractivity contribution < 1.29 is 0 Å². The molecule has 0 radical (unpaired) electrons. The van der Waals surface area contributed by atoms with Crippen LogP contribution in [0.3, 0.4) is 0 Å². The van der Waals surface area contributed by atoms with E-state index < -0.39 is 0 Å². The van der Waals surface area contributed by atoms with Crippen LogP contribution >= 0.6 is 0 Å². The van der Waals surface area contributed by atoms with Crippen LogP contribution in [0, 0.1) is 0 Å². The van der Waals surface area contributed by atoms with Crippen molar-refractivity contribution in [2.45, 2.75) is 38.3 Å². The first-order valence-electron chi connectivity index (χ1n) is 5.82. The minimum atomic E-state index is 0.155. The summed E-state index contributed by atoms with van der Waals surface area (Å²) in [6, 6.07) is 2.84. The third kappa shape index (κ3) is 1.59. The zero-order valence-electron chi connectivity index (χ0n) is 9.43. The second-order valence-electron chi connectivity index (χ2n) is 4.68. The fraction of sp³-hybridized carbons (Fsp3) is 0.500. The summed E-state index contributed by atoms with van der Waals surface area (Å²) in [5.41, 5.74) is 8.06. The highest BCUT2D eigenvalue weighted by atomic mass is 15.1. The van der Waals surface area contributed by atoms with Crippen LogP contribution in [0.4, 0.5) is 0 Å². The largest absolute Gasteiger partial charge is 0.328 e. The Morgan fingerprint density at radius 3 is 3.06 bits per heavy atom. The maximum absolute atomic E-state index is 5.87. The van der Waals surface area contributed by atoms with E-state index in [2.05, 4.69) is 14.5 Å².